The number of hydrogen-bond acceptors (Lipinski definition) is 6. The van der Waals surface area contributed by atoms with Crippen molar-refractivity contribution < 1.29 is 4.79 Å². The summed E-state index contributed by atoms with van der Waals surface area (Å²) in [4.78, 5) is 14.6. The highest BCUT2D eigenvalue weighted by molar-refractivity contribution is 5.92. The van der Waals surface area contributed by atoms with Crippen LogP contribution in [0.4, 0.5) is 5.82 Å². The number of aromatic amines is 1. The Bertz CT molecular complexity index is 705. The van der Waals surface area contributed by atoms with Crippen molar-refractivity contribution in [3.05, 3.63) is 35.3 Å². The van der Waals surface area contributed by atoms with Crippen LogP contribution in [0.2, 0.25) is 0 Å². The fourth-order valence-corrected chi connectivity index (χ4v) is 3.31. The van der Waals surface area contributed by atoms with Crippen LogP contribution >= 0.6 is 0 Å². The van der Waals surface area contributed by atoms with Crippen LogP contribution in [0.1, 0.15) is 28.2 Å². The summed E-state index contributed by atoms with van der Waals surface area (Å²) in [5.74, 6) is 0.667. The largest absolute Gasteiger partial charge is 0.353 e. The minimum absolute atomic E-state index is 0.122. The van der Waals surface area contributed by atoms with E-state index in [1.807, 2.05) is 12.3 Å². The quantitative estimate of drug-likeness (QED) is 0.728. The van der Waals surface area contributed by atoms with Crippen molar-refractivity contribution in [3.8, 4) is 0 Å². The Labute approximate surface area is 140 Å². The van der Waals surface area contributed by atoms with Gasteiger partial charge in [0.05, 0.1) is 6.20 Å². The van der Waals surface area contributed by atoms with E-state index in [4.69, 9.17) is 0 Å². The van der Waals surface area contributed by atoms with Gasteiger partial charge in [-0.15, -0.1) is 10.2 Å². The van der Waals surface area contributed by atoms with Gasteiger partial charge < -0.3 is 15.5 Å². The average Bonchev–Trinajstić information content (AvgIpc) is 3.10. The second-order valence-electron chi connectivity index (χ2n) is 6.30. The molecule has 0 spiro atoms. The maximum atomic E-state index is 12.4. The van der Waals surface area contributed by atoms with Crippen LogP contribution < -0.4 is 15.5 Å². The Morgan fingerprint density at radius 3 is 2.92 bits per heavy atom. The van der Waals surface area contributed by atoms with E-state index in [0.29, 0.717) is 5.69 Å². The third-order valence-corrected chi connectivity index (χ3v) is 4.68. The summed E-state index contributed by atoms with van der Waals surface area (Å²) in [7, 11) is 0. The van der Waals surface area contributed by atoms with Gasteiger partial charge in [0.2, 0.25) is 0 Å². The summed E-state index contributed by atoms with van der Waals surface area (Å²) in [5.41, 5.74) is 2.74. The molecular weight excluding hydrogens is 306 g/mol. The standard InChI is InChI=1S/C16H21N7O/c24-16(19-12-1-2-13-11(9-12)10-18-20-13)14-3-4-15(22-21-14)23-7-5-17-6-8-23/h3-4,10,12,17H,1-2,5-9H2,(H,18,20)(H,19,24). The van der Waals surface area contributed by atoms with Crippen LogP contribution in [0.5, 0.6) is 0 Å². The van der Waals surface area contributed by atoms with E-state index in [2.05, 4.69) is 35.9 Å². The molecule has 1 unspecified atom stereocenters. The number of anilines is 1. The molecule has 2 aromatic heterocycles. The van der Waals surface area contributed by atoms with Crippen molar-refractivity contribution in [1.82, 2.24) is 31.0 Å². The number of hydrogen-bond donors (Lipinski definition) is 3. The van der Waals surface area contributed by atoms with E-state index < -0.39 is 0 Å². The van der Waals surface area contributed by atoms with Gasteiger partial charge in [-0.05, 0) is 37.0 Å². The predicted molar refractivity (Wildman–Crippen MR) is 89.0 cm³/mol. The zero-order valence-corrected chi connectivity index (χ0v) is 13.5. The molecule has 2 aliphatic rings. The molecule has 1 fully saturated rings. The fraction of sp³-hybridized carbons (Fsp3) is 0.500. The molecule has 3 N–H and O–H groups in total. The van der Waals surface area contributed by atoms with Gasteiger partial charge >= 0.3 is 0 Å². The Kier molecular flexibility index (Phi) is 4.12. The Morgan fingerprint density at radius 1 is 1.25 bits per heavy atom. The molecule has 1 atom stereocenters. The molecule has 2 aromatic rings. The number of amides is 1. The molecule has 1 saturated heterocycles. The predicted octanol–water partition coefficient (Wildman–Crippen LogP) is -0.103. The molecule has 8 heteroatoms. The van der Waals surface area contributed by atoms with Gasteiger partial charge in [0.15, 0.2) is 11.5 Å². The molecular formula is C16H21N7O. The van der Waals surface area contributed by atoms with Gasteiger partial charge in [-0.25, -0.2) is 0 Å². The number of nitrogens with one attached hydrogen (secondary N) is 3. The van der Waals surface area contributed by atoms with Gasteiger partial charge in [-0.2, -0.15) is 5.10 Å². The molecule has 24 heavy (non-hydrogen) atoms. The zero-order chi connectivity index (χ0) is 16.4. The van der Waals surface area contributed by atoms with Crippen LogP contribution in [0.25, 0.3) is 0 Å². The monoisotopic (exact) mass is 327 g/mol. The number of aryl methyl sites for hydroxylation is 1. The summed E-state index contributed by atoms with van der Waals surface area (Å²) < 4.78 is 0. The van der Waals surface area contributed by atoms with Gasteiger partial charge in [-0.1, -0.05) is 0 Å². The highest BCUT2D eigenvalue weighted by Gasteiger charge is 2.22. The second-order valence-corrected chi connectivity index (χ2v) is 6.30. The van der Waals surface area contributed by atoms with Gasteiger partial charge in [-0.3, -0.25) is 9.89 Å². The number of nitrogens with zero attached hydrogens (tertiary/aromatic N) is 4. The number of carbonyl (C=O) groups excluding carboxylic acids is 1. The molecule has 0 bridgehead atoms. The number of piperazine rings is 1. The summed E-state index contributed by atoms with van der Waals surface area (Å²) in [6.07, 6.45) is 4.47. The van der Waals surface area contributed by atoms with Gasteiger partial charge in [0, 0.05) is 37.9 Å². The van der Waals surface area contributed by atoms with Crippen LogP contribution in [0.15, 0.2) is 18.3 Å². The highest BCUT2D eigenvalue weighted by Crippen LogP contribution is 2.19. The van der Waals surface area contributed by atoms with Crippen molar-refractivity contribution in [3.63, 3.8) is 0 Å². The molecule has 1 aliphatic heterocycles. The molecule has 3 heterocycles. The van der Waals surface area contributed by atoms with Crippen LogP contribution in [-0.2, 0) is 12.8 Å². The smallest absolute Gasteiger partial charge is 0.272 e. The summed E-state index contributed by atoms with van der Waals surface area (Å²) in [5, 5.41) is 21.8. The molecule has 0 radical (unpaired) electrons. The van der Waals surface area contributed by atoms with Crippen molar-refractivity contribution in [2.75, 3.05) is 31.1 Å². The van der Waals surface area contributed by atoms with Gasteiger partial charge in [0.25, 0.3) is 5.91 Å². The lowest BCUT2D eigenvalue weighted by molar-refractivity contribution is 0.0927. The van der Waals surface area contributed by atoms with Crippen molar-refractivity contribution in [1.29, 1.82) is 0 Å². The lowest BCUT2D eigenvalue weighted by Crippen LogP contribution is -2.44. The van der Waals surface area contributed by atoms with E-state index in [0.717, 1.165) is 51.3 Å². The van der Waals surface area contributed by atoms with E-state index in [-0.39, 0.29) is 11.9 Å². The number of rotatable bonds is 3. The van der Waals surface area contributed by atoms with Crippen molar-refractivity contribution >= 4 is 11.7 Å². The summed E-state index contributed by atoms with van der Waals surface area (Å²) in [6.45, 7) is 3.72. The lowest BCUT2D eigenvalue weighted by atomic mass is 9.93. The van der Waals surface area contributed by atoms with Crippen molar-refractivity contribution in [2.45, 2.75) is 25.3 Å². The molecule has 1 amide bonds. The molecule has 8 nitrogen and oxygen atoms in total. The van der Waals surface area contributed by atoms with E-state index >= 15 is 0 Å². The number of carbonyl (C=O) groups is 1. The molecule has 1 aliphatic carbocycles. The molecule has 4 rings (SSSR count). The first kappa shape index (κ1) is 15.1. The first-order chi connectivity index (χ1) is 11.8. The second kappa shape index (κ2) is 6.56. The van der Waals surface area contributed by atoms with Crippen LogP contribution in [0, 0.1) is 0 Å². The molecule has 0 aromatic carbocycles. The Balaban J connectivity index is 1.38. The van der Waals surface area contributed by atoms with E-state index in [9.17, 15) is 4.79 Å². The lowest BCUT2D eigenvalue weighted by Gasteiger charge is -2.27. The third-order valence-electron chi connectivity index (χ3n) is 4.68. The van der Waals surface area contributed by atoms with E-state index in [1.165, 1.54) is 11.3 Å². The Hall–Kier alpha value is -2.48. The average molecular weight is 327 g/mol. The first-order valence-electron chi connectivity index (χ1n) is 8.41. The van der Waals surface area contributed by atoms with Crippen molar-refractivity contribution in [2.24, 2.45) is 0 Å². The van der Waals surface area contributed by atoms with Crippen LogP contribution in [-0.4, -0.2) is 58.5 Å². The number of aromatic nitrogens is 4. The molecule has 126 valence electrons. The summed E-state index contributed by atoms with van der Waals surface area (Å²) >= 11 is 0. The zero-order valence-electron chi connectivity index (χ0n) is 13.5. The normalized spacial score (nSPS) is 20.5. The number of fused-ring (bicyclic) bond motifs is 1. The highest BCUT2D eigenvalue weighted by atomic mass is 16.2. The SMILES string of the molecule is O=C(NC1CCc2[nH]ncc2C1)c1ccc(N2CCNCC2)nn1. The van der Waals surface area contributed by atoms with Gasteiger partial charge in [0.1, 0.15) is 0 Å². The Morgan fingerprint density at radius 2 is 2.12 bits per heavy atom. The third kappa shape index (κ3) is 3.09. The minimum Gasteiger partial charge on any atom is -0.353 e. The van der Waals surface area contributed by atoms with Crippen LogP contribution in [0.3, 0.4) is 0 Å². The molecule has 0 saturated carbocycles. The fourth-order valence-electron chi connectivity index (χ4n) is 3.31. The minimum atomic E-state index is -0.161. The summed E-state index contributed by atoms with van der Waals surface area (Å²) in [6, 6.07) is 3.76. The topological polar surface area (TPSA) is 98.8 Å². The maximum Gasteiger partial charge on any atom is 0.272 e. The first-order valence-corrected chi connectivity index (χ1v) is 8.41. The van der Waals surface area contributed by atoms with E-state index in [1.54, 1.807) is 6.07 Å². The number of H-pyrrole nitrogens is 1. The maximum absolute atomic E-state index is 12.4.